The average molecular weight is 440 g/mol. The standard InChI is InChI=1S/C22H18Cl3FO2/c1-12(2)28-15-10-18(23)17(19(24)11-15)8-13-3-6-22(27)16(7-13)14-4-5-21(26)20(25)9-14/h3-7,9-12,27H,8H2,1-2H3. The first-order valence-electron chi connectivity index (χ1n) is 8.66. The summed E-state index contributed by atoms with van der Waals surface area (Å²) in [6, 6.07) is 13.0. The molecule has 0 aliphatic heterocycles. The minimum Gasteiger partial charge on any atom is -0.507 e. The number of hydrogen-bond donors (Lipinski definition) is 1. The Morgan fingerprint density at radius 1 is 0.929 bits per heavy atom. The van der Waals surface area contributed by atoms with E-state index in [9.17, 15) is 9.50 Å². The summed E-state index contributed by atoms with van der Waals surface area (Å²) in [5, 5.41) is 11.2. The molecule has 28 heavy (non-hydrogen) atoms. The molecule has 3 aromatic carbocycles. The number of aromatic hydroxyl groups is 1. The maximum Gasteiger partial charge on any atom is 0.141 e. The Labute approximate surface area is 178 Å². The number of phenols is 1. The normalized spacial score (nSPS) is 11.1. The number of halogens is 4. The fourth-order valence-corrected chi connectivity index (χ4v) is 3.66. The zero-order valence-corrected chi connectivity index (χ0v) is 17.5. The molecule has 0 saturated carbocycles. The van der Waals surface area contributed by atoms with Crippen LogP contribution in [0.25, 0.3) is 11.1 Å². The van der Waals surface area contributed by atoms with E-state index in [2.05, 4.69) is 0 Å². The number of phenolic OH excluding ortho intramolecular Hbond substituents is 1. The first kappa shape index (κ1) is 20.8. The zero-order valence-electron chi connectivity index (χ0n) is 15.3. The Kier molecular flexibility index (Phi) is 6.39. The van der Waals surface area contributed by atoms with E-state index in [1.54, 1.807) is 30.3 Å². The average Bonchev–Trinajstić information content (AvgIpc) is 2.61. The van der Waals surface area contributed by atoms with Crippen LogP contribution in [0, 0.1) is 5.82 Å². The molecule has 2 nitrogen and oxygen atoms in total. The molecular formula is C22H18Cl3FO2. The van der Waals surface area contributed by atoms with Crippen LogP contribution in [-0.4, -0.2) is 11.2 Å². The summed E-state index contributed by atoms with van der Waals surface area (Å²) in [4.78, 5) is 0. The van der Waals surface area contributed by atoms with E-state index in [-0.39, 0.29) is 16.9 Å². The molecule has 0 spiro atoms. The van der Waals surface area contributed by atoms with Gasteiger partial charge < -0.3 is 9.84 Å². The van der Waals surface area contributed by atoms with Gasteiger partial charge in [-0.25, -0.2) is 4.39 Å². The van der Waals surface area contributed by atoms with E-state index in [1.165, 1.54) is 12.1 Å². The molecule has 0 heterocycles. The van der Waals surface area contributed by atoms with Crippen LogP contribution < -0.4 is 4.74 Å². The van der Waals surface area contributed by atoms with Crippen molar-refractivity contribution in [3.8, 4) is 22.6 Å². The predicted molar refractivity (Wildman–Crippen MR) is 114 cm³/mol. The lowest BCUT2D eigenvalue weighted by atomic mass is 9.98. The molecule has 1 N–H and O–H groups in total. The Morgan fingerprint density at radius 2 is 1.61 bits per heavy atom. The second-order valence-corrected chi connectivity index (χ2v) is 7.91. The van der Waals surface area contributed by atoms with Crippen molar-refractivity contribution in [1.82, 2.24) is 0 Å². The summed E-state index contributed by atoms with van der Waals surface area (Å²) >= 11 is 18.7. The molecule has 0 amide bonds. The number of benzene rings is 3. The maximum atomic E-state index is 13.4. The van der Waals surface area contributed by atoms with Gasteiger partial charge in [0.15, 0.2) is 0 Å². The molecule has 0 aliphatic rings. The van der Waals surface area contributed by atoms with E-state index in [0.717, 1.165) is 11.1 Å². The lowest BCUT2D eigenvalue weighted by molar-refractivity contribution is 0.242. The summed E-state index contributed by atoms with van der Waals surface area (Å²) in [7, 11) is 0. The molecule has 6 heteroatoms. The van der Waals surface area contributed by atoms with Gasteiger partial charge in [-0.2, -0.15) is 0 Å². The second kappa shape index (κ2) is 8.60. The van der Waals surface area contributed by atoms with Gasteiger partial charge in [0, 0.05) is 22.0 Å². The van der Waals surface area contributed by atoms with Crippen molar-refractivity contribution in [2.45, 2.75) is 26.4 Å². The number of ether oxygens (including phenoxy) is 1. The minimum absolute atomic E-state index is 0.00543. The van der Waals surface area contributed by atoms with Crippen molar-refractivity contribution in [2.75, 3.05) is 0 Å². The summed E-state index contributed by atoms with van der Waals surface area (Å²) in [5.74, 6) is 0.175. The van der Waals surface area contributed by atoms with Crippen LogP contribution in [0.1, 0.15) is 25.0 Å². The van der Waals surface area contributed by atoms with Crippen LogP contribution in [0.2, 0.25) is 15.1 Å². The van der Waals surface area contributed by atoms with Crippen LogP contribution >= 0.6 is 34.8 Å². The van der Waals surface area contributed by atoms with Gasteiger partial charge in [-0.15, -0.1) is 0 Å². The van der Waals surface area contributed by atoms with E-state index >= 15 is 0 Å². The molecule has 0 unspecified atom stereocenters. The van der Waals surface area contributed by atoms with Crippen LogP contribution in [0.3, 0.4) is 0 Å². The highest BCUT2D eigenvalue weighted by molar-refractivity contribution is 6.36. The molecule has 0 saturated heterocycles. The molecule has 0 aromatic heterocycles. The fraction of sp³-hybridized carbons (Fsp3) is 0.182. The Morgan fingerprint density at radius 3 is 2.21 bits per heavy atom. The maximum absolute atomic E-state index is 13.4. The van der Waals surface area contributed by atoms with Crippen LogP contribution in [0.15, 0.2) is 48.5 Å². The second-order valence-electron chi connectivity index (χ2n) is 6.69. The molecule has 3 aromatic rings. The molecule has 0 atom stereocenters. The Bertz CT molecular complexity index is 996. The van der Waals surface area contributed by atoms with E-state index in [1.807, 2.05) is 19.9 Å². The monoisotopic (exact) mass is 438 g/mol. The number of rotatable bonds is 5. The predicted octanol–water partition coefficient (Wildman–Crippen LogP) is 7.54. The van der Waals surface area contributed by atoms with Gasteiger partial charge in [-0.1, -0.05) is 46.9 Å². The smallest absolute Gasteiger partial charge is 0.141 e. The van der Waals surface area contributed by atoms with E-state index in [4.69, 9.17) is 39.5 Å². The highest BCUT2D eigenvalue weighted by Crippen LogP contribution is 2.36. The van der Waals surface area contributed by atoms with Crippen LogP contribution in [-0.2, 0) is 6.42 Å². The largest absolute Gasteiger partial charge is 0.507 e. The zero-order chi connectivity index (χ0) is 20.4. The summed E-state index contributed by atoms with van der Waals surface area (Å²) in [6.45, 7) is 3.85. The Hall–Kier alpha value is -1.94. The van der Waals surface area contributed by atoms with Gasteiger partial charge in [-0.05, 0) is 66.9 Å². The molecule has 0 fully saturated rings. The van der Waals surface area contributed by atoms with Crippen molar-refractivity contribution in [3.05, 3.63) is 80.5 Å². The third-order valence-corrected chi connectivity index (χ3v) is 5.12. The lowest BCUT2D eigenvalue weighted by Gasteiger charge is -2.14. The molecule has 0 radical (unpaired) electrons. The van der Waals surface area contributed by atoms with Crippen LogP contribution in [0.5, 0.6) is 11.5 Å². The third kappa shape index (κ3) is 4.72. The van der Waals surface area contributed by atoms with E-state index in [0.29, 0.717) is 33.3 Å². The quantitative estimate of drug-likeness (QED) is 0.445. The SMILES string of the molecule is CC(C)Oc1cc(Cl)c(Cc2ccc(O)c(-c3ccc(F)c(Cl)c3)c2)c(Cl)c1. The molecule has 0 aliphatic carbocycles. The van der Waals surface area contributed by atoms with E-state index < -0.39 is 5.82 Å². The van der Waals surface area contributed by atoms with Gasteiger partial charge in [0.2, 0.25) is 0 Å². The van der Waals surface area contributed by atoms with Gasteiger partial charge in [0.25, 0.3) is 0 Å². The highest BCUT2D eigenvalue weighted by Gasteiger charge is 2.13. The summed E-state index contributed by atoms with van der Waals surface area (Å²) in [5.41, 5.74) is 2.80. The summed E-state index contributed by atoms with van der Waals surface area (Å²) in [6.07, 6.45) is 0.474. The molecule has 3 rings (SSSR count). The lowest BCUT2D eigenvalue weighted by Crippen LogP contribution is -2.06. The fourth-order valence-electron chi connectivity index (χ4n) is 2.88. The van der Waals surface area contributed by atoms with Crippen molar-refractivity contribution in [1.29, 1.82) is 0 Å². The topological polar surface area (TPSA) is 29.5 Å². The third-order valence-electron chi connectivity index (χ3n) is 4.16. The molecule has 0 bridgehead atoms. The van der Waals surface area contributed by atoms with Gasteiger partial charge >= 0.3 is 0 Å². The van der Waals surface area contributed by atoms with Crippen molar-refractivity contribution >= 4 is 34.8 Å². The van der Waals surface area contributed by atoms with Gasteiger partial charge in [0.1, 0.15) is 17.3 Å². The van der Waals surface area contributed by atoms with Gasteiger partial charge in [-0.3, -0.25) is 0 Å². The first-order valence-corrected chi connectivity index (χ1v) is 9.80. The number of hydrogen-bond acceptors (Lipinski definition) is 2. The van der Waals surface area contributed by atoms with Crippen molar-refractivity contribution < 1.29 is 14.2 Å². The molecule has 146 valence electrons. The summed E-state index contributed by atoms with van der Waals surface area (Å²) < 4.78 is 19.1. The highest BCUT2D eigenvalue weighted by atomic mass is 35.5. The van der Waals surface area contributed by atoms with Gasteiger partial charge in [0.05, 0.1) is 11.1 Å². The van der Waals surface area contributed by atoms with Crippen LogP contribution in [0.4, 0.5) is 4.39 Å². The molecular weight excluding hydrogens is 422 g/mol. The first-order chi connectivity index (χ1) is 13.2. The van der Waals surface area contributed by atoms with Crippen molar-refractivity contribution in [2.24, 2.45) is 0 Å². The Balaban J connectivity index is 1.94. The minimum atomic E-state index is -0.511. The van der Waals surface area contributed by atoms with Crippen molar-refractivity contribution in [3.63, 3.8) is 0 Å².